The van der Waals surface area contributed by atoms with Crippen molar-refractivity contribution < 1.29 is 19.5 Å². The third kappa shape index (κ3) is 2.65. The topological polar surface area (TPSA) is 90.0 Å². The zero-order valence-electron chi connectivity index (χ0n) is 12.2. The van der Waals surface area contributed by atoms with Crippen molar-refractivity contribution in [3.05, 3.63) is 12.7 Å². The molecule has 1 unspecified atom stereocenters. The van der Waals surface area contributed by atoms with Gasteiger partial charge in [-0.15, -0.1) is 6.58 Å². The number of hydrogen-bond acceptors (Lipinski definition) is 4. The van der Waals surface area contributed by atoms with Gasteiger partial charge in [0.05, 0.1) is 0 Å². The average molecular weight is 295 g/mol. The second-order valence-corrected chi connectivity index (χ2v) is 5.54. The van der Waals surface area contributed by atoms with Crippen LogP contribution in [0.1, 0.15) is 26.2 Å². The lowest BCUT2D eigenvalue weighted by atomic mass is 9.87. The first-order valence-electron chi connectivity index (χ1n) is 7.17. The number of amides is 3. The van der Waals surface area contributed by atoms with Crippen LogP contribution in [0.4, 0.5) is 4.79 Å². The van der Waals surface area contributed by atoms with E-state index in [4.69, 9.17) is 0 Å². The first-order chi connectivity index (χ1) is 9.95. The Bertz CT molecular complexity index is 469. The summed E-state index contributed by atoms with van der Waals surface area (Å²) >= 11 is 0. The van der Waals surface area contributed by atoms with E-state index >= 15 is 0 Å². The van der Waals surface area contributed by atoms with E-state index in [1.54, 1.807) is 13.0 Å². The number of nitrogens with zero attached hydrogens (tertiary/aromatic N) is 2. The average Bonchev–Trinajstić information content (AvgIpc) is 2.67. The number of piperidine rings is 1. The fourth-order valence-electron chi connectivity index (χ4n) is 3.03. The van der Waals surface area contributed by atoms with Crippen molar-refractivity contribution in [2.24, 2.45) is 0 Å². The molecule has 0 bridgehead atoms. The minimum absolute atomic E-state index is 0.202. The SMILES string of the molecule is C=CCN1CCC2(CC1)NC(=O)N(C(CC)C(=O)O)C2=O. The maximum absolute atomic E-state index is 12.6. The van der Waals surface area contributed by atoms with E-state index in [1.807, 2.05) is 0 Å². The Morgan fingerprint density at radius 2 is 2.10 bits per heavy atom. The van der Waals surface area contributed by atoms with Crippen LogP contribution in [0.3, 0.4) is 0 Å². The Morgan fingerprint density at radius 1 is 1.48 bits per heavy atom. The molecular formula is C14H21N3O4. The van der Waals surface area contributed by atoms with Crippen molar-refractivity contribution in [1.29, 1.82) is 0 Å². The molecule has 2 heterocycles. The fourth-order valence-corrected chi connectivity index (χ4v) is 3.03. The molecule has 7 heteroatoms. The molecule has 21 heavy (non-hydrogen) atoms. The van der Waals surface area contributed by atoms with Crippen molar-refractivity contribution in [3.8, 4) is 0 Å². The second kappa shape index (κ2) is 5.85. The minimum Gasteiger partial charge on any atom is -0.480 e. The summed E-state index contributed by atoms with van der Waals surface area (Å²) in [4.78, 5) is 38.9. The Morgan fingerprint density at radius 3 is 2.57 bits per heavy atom. The van der Waals surface area contributed by atoms with Gasteiger partial charge in [-0.05, 0) is 19.3 Å². The summed E-state index contributed by atoms with van der Waals surface area (Å²) in [5, 5.41) is 11.9. The largest absolute Gasteiger partial charge is 0.480 e. The molecule has 0 aromatic heterocycles. The molecule has 0 saturated carbocycles. The lowest BCUT2D eigenvalue weighted by molar-refractivity contribution is -0.148. The number of carboxylic acid groups (broad SMARTS) is 1. The molecule has 0 radical (unpaired) electrons. The number of rotatable bonds is 5. The molecule has 2 aliphatic heterocycles. The van der Waals surface area contributed by atoms with Gasteiger partial charge in [0.25, 0.3) is 5.91 Å². The number of carboxylic acids is 1. The summed E-state index contributed by atoms with van der Waals surface area (Å²) in [6.07, 6.45) is 3.00. The summed E-state index contributed by atoms with van der Waals surface area (Å²) in [5.74, 6) is -1.55. The van der Waals surface area contributed by atoms with Crippen LogP contribution in [0.5, 0.6) is 0 Å². The first kappa shape index (κ1) is 15.5. The van der Waals surface area contributed by atoms with Gasteiger partial charge in [-0.2, -0.15) is 0 Å². The van der Waals surface area contributed by atoms with E-state index in [9.17, 15) is 19.5 Å². The number of carbonyl (C=O) groups excluding carboxylic acids is 2. The van der Waals surface area contributed by atoms with Gasteiger partial charge in [-0.25, -0.2) is 14.5 Å². The van der Waals surface area contributed by atoms with E-state index in [0.29, 0.717) is 25.9 Å². The number of imide groups is 1. The number of carbonyl (C=O) groups is 3. The van der Waals surface area contributed by atoms with E-state index in [2.05, 4.69) is 16.8 Å². The number of hydrogen-bond donors (Lipinski definition) is 2. The van der Waals surface area contributed by atoms with Crippen LogP contribution in [0.25, 0.3) is 0 Å². The predicted octanol–water partition coefficient (Wildman–Crippen LogP) is 0.422. The minimum atomic E-state index is -1.15. The molecule has 1 atom stereocenters. The van der Waals surface area contributed by atoms with Crippen molar-refractivity contribution >= 4 is 17.9 Å². The number of aliphatic carboxylic acids is 1. The van der Waals surface area contributed by atoms with Gasteiger partial charge in [0.15, 0.2) is 0 Å². The second-order valence-electron chi connectivity index (χ2n) is 5.54. The zero-order chi connectivity index (χ0) is 15.6. The van der Waals surface area contributed by atoms with Gasteiger partial charge < -0.3 is 10.4 Å². The van der Waals surface area contributed by atoms with E-state index in [1.165, 1.54) is 0 Å². The number of urea groups is 1. The standard InChI is InChI=1S/C14H21N3O4/c1-3-7-16-8-5-14(6-9-16)12(20)17(13(21)15-14)10(4-2)11(18)19/h3,10H,1,4-9H2,2H3,(H,15,21)(H,18,19). The molecule has 2 aliphatic rings. The molecular weight excluding hydrogens is 274 g/mol. The lowest BCUT2D eigenvalue weighted by Crippen LogP contribution is -2.55. The highest BCUT2D eigenvalue weighted by Crippen LogP contribution is 2.31. The molecule has 0 aliphatic carbocycles. The highest BCUT2D eigenvalue weighted by atomic mass is 16.4. The highest BCUT2D eigenvalue weighted by molar-refractivity contribution is 6.09. The summed E-state index contributed by atoms with van der Waals surface area (Å²) in [6, 6.07) is -1.69. The monoisotopic (exact) mass is 295 g/mol. The molecule has 3 amide bonds. The first-order valence-corrected chi connectivity index (χ1v) is 7.17. The molecule has 2 N–H and O–H groups in total. The lowest BCUT2D eigenvalue weighted by Gasteiger charge is -2.37. The molecule has 0 aromatic rings. The summed E-state index contributed by atoms with van der Waals surface area (Å²) < 4.78 is 0. The smallest absolute Gasteiger partial charge is 0.326 e. The van der Waals surface area contributed by atoms with Gasteiger partial charge in [0.2, 0.25) is 0 Å². The maximum Gasteiger partial charge on any atom is 0.326 e. The van der Waals surface area contributed by atoms with Gasteiger partial charge in [-0.1, -0.05) is 13.0 Å². The zero-order valence-corrected chi connectivity index (χ0v) is 12.2. The number of nitrogens with one attached hydrogen (secondary N) is 1. The normalized spacial score (nSPS) is 23.2. The Balaban J connectivity index is 2.15. The summed E-state index contributed by atoms with van der Waals surface area (Å²) in [6.45, 7) is 7.43. The maximum atomic E-state index is 12.6. The number of likely N-dealkylation sites (tertiary alicyclic amines) is 1. The molecule has 2 fully saturated rings. The molecule has 0 aromatic carbocycles. The Kier molecular flexibility index (Phi) is 4.32. The van der Waals surface area contributed by atoms with Crippen LogP contribution in [0, 0.1) is 0 Å². The van der Waals surface area contributed by atoms with E-state index in [-0.39, 0.29) is 6.42 Å². The molecule has 116 valence electrons. The third-order valence-corrected chi connectivity index (χ3v) is 4.27. The van der Waals surface area contributed by atoms with Gasteiger partial charge in [0, 0.05) is 19.6 Å². The van der Waals surface area contributed by atoms with Crippen molar-refractivity contribution in [3.63, 3.8) is 0 Å². The summed E-state index contributed by atoms with van der Waals surface area (Å²) in [7, 11) is 0. The highest BCUT2D eigenvalue weighted by Gasteiger charge is 2.54. The van der Waals surface area contributed by atoms with Crippen molar-refractivity contribution in [2.45, 2.75) is 37.8 Å². The van der Waals surface area contributed by atoms with Crippen LogP contribution in [-0.4, -0.2) is 64.0 Å². The van der Waals surface area contributed by atoms with Crippen LogP contribution < -0.4 is 5.32 Å². The van der Waals surface area contributed by atoms with Crippen LogP contribution in [0.15, 0.2) is 12.7 Å². The predicted molar refractivity (Wildman–Crippen MR) is 75.7 cm³/mol. The van der Waals surface area contributed by atoms with Crippen LogP contribution in [0.2, 0.25) is 0 Å². The quantitative estimate of drug-likeness (QED) is 0.567. The van der Waals surface area contributed by atoms with Gasteiger partial charge in [0.1, 0.15) is 11.6 Å². The van der Waals surface area contributed by atoms with Gasteiger partial charge >= 0.3 is 12.0 Å². The molecule has 1 spiro atoms. The Labute approximate surface area is 123 Å². The third-order valence-electron chi connectivity index (χ3n) is 4.27. The van der Waals surface area contributed by atoms with Crippen molar-refractivity contribution in [2.75, 3.05) is 19.6 Å². The fraction of sp³-hybridized carbons (Fsp3) is 0.643. The summed E-state index contributed by atoms with van der Waals surface area (Å²) in [5.41, 5.74) is -0.933. The van der Waals surface area contributed by atoms with Crippen molar-refractivity contribution in [1.82, 2.24) is 15.1 Å². The van der Waals surface area contributed by atoms with Gasteiger partial charge in [-0.3, -0.25) is 9.69 Å². The van der Waals surface area contributed by atoms with Crippen LogP contribution in [-0.2, 0) is 9.59 Å². The Hall–Kier alpha value is -1.89. The molecule has 2 saturated heterocycles. The van der Waals surface area contributed by atoms with E-state index in [0.717, 1.165) is 11.4 Å². The van der Waals surface area contributed by atoms with E-state index < -0.39 is 29.5 Å². The van der Waals surface area contributed by atoms with Crippen LogP contribution >= 0.6 is 0 Å². The molecule has 2 rings (SSSR count). The molecule has 7 nitrogen and oxygen atoms in total.